The van der Waals surface area contributed by atoms with Crippen molar-refractivity contribution >= 4 is 41.7 Å². The van der Waals surface area contributed by atoms with Gasteiger partial charge in [0.25, 0.3) is 0 Å². The molecule has 1 aromatic rings. The van der Waals surface area contributed by atoms with Crippen LogP contribution < -0.4 is 10.6 Å². The van der Waals surface area contributed by atoms with Gasteiger partial charge in [-0.3, -0.25) is 4.99 Å². The smallest absolute Gasteiger partial charge is 0.191 e. The number of hydrogen-bond acceptors (Lipinski definition) is 3. The van der Waals surface area contributed by atoms with Gasteiger partial charge >= 0.3 is 0 Å². The Hall–Kier alpha value is -0.540. The van der Waals surface area contributed by atoms with Crippen LogP contribution in [0.4, 0.5) is 4.39 Å². The molecule has 1 rings (SSSR count). The summed E-state index contributed by atoms with van der Waals surface area (Å²) in [4.78, 5) is 5.03. The molecular formula is C12H19FIN3OS. The lowest BCUT2D eigenvalue weighted by atomic mass is 10.2. The van der Waals surface area contributed by atoms with Gasteiger partial charge < -0.3 is 15.7 Å². The molecule has 19 heavy (non-hydrogen) atoms. The van der Waals surface area contributed by atoms with Gasteiger partial charge in [-0.1, -0.05) is 0 Å². The summed E-state index contributed by atoms with van der Waals surface area (Å²) >= 11 is 1.57. The molecule has 0 spiro atoms. The number of aliphatic imine (C=N–C) groups is 1. The number of nitrogens with one attached hydrogen (secondary N) is 2. The Bertz CT molecular complexity index is 418. The molecule has 0 amide bonds. The summed E-state index contributed by atoms with van der Waals surface area (Å²) < 4.78 is 13.2. The monoisotopic (exact) mass is 399 g/mol. The van der Waals surface area contributed by atoms with Crippen LogP contribution >= 0.6 is 35.7 Å². The third kappa shape index (κ3) is 6.44. The Balaban J connectivity index is 0.00000324. The van der Waals surface area contributed by atoms with Crippen molar-refractivity contribution in [1.29, 1.82) is 0 Å². The highest BCUT2D eigenvalue weighted by atomic mass is 127. The highest BCUT2D eigenvalue weighted by molar-refractivity contribution is 14.0. The Morgan fingerprint density at radius 1 is 1.42 bits per heavy atom. The average molecular weight is 399 g/mol. The van der Waals surface area contributed by atoms with E-state index < -0.39 is 0 Å². The fraction of sp³-hybridized carbons (Fsp3) is 0.417. The molecule has 0 saturated carbocycles. The summed E-state index contributed by atoms with van der Waals surface area (Å²) in [6.45, 7) is 0.952. The second-order valence-electron chi connectivity index (χ2n) is 3.53. The molecule has 0 aromatic heterocycles. The predicted molar refractivity (Wildman–Crippen MR) is 88.9 cm³/mol. The number of halogens is 2. The number of nitrogens with zero attached hydrogens (tertiary/aromatic N) is 1. The lowest BCUT2D eigenvalue weighted by molar-refractivity contribution is 0.300. The number of benzene rings is 1. The van der Waals surface area contributed by atoms with Crippen molar-refractivity contribution in [2.75, 3.05) is 26.5 Å². The molecule has 1 aromatic carbocycles. The Labute approximate surface area is 134 Å². The van der Waals surface area contributed by atoms with Gasteiger partial charge in [-0.25, -0.2) is 4.39 Å². The molecule has 0 bridgehead atoms. The van der Waals surface area contributed by atoms with E-state index in [0.717, 1.165) is 10.5 Å². The number of hydrogen-bond donors (Lipinski definition) is 3. The number of guanidine groups is 1. The highest BCUT2D eigenvalue weighted by Crippen LogP contribution is 2.20. The molecule has 0 aliphatic heterocycles. The van der Waals surface area contributed by atoms with Crippen LogP contribution in [0.5, 0.6) is 0 Å². The van der Waals surface area contributed by atoms with Crippen LogP contribution in [0.2, 0.25) is 0 Å². The van der Waals surface area contributed by atoms with Gasteiger partial charge in [-0.2, -0.15) is 0 Å². The van der Waals surface area contributed by atoms with E-state index in [0.29, 0.717) is 19.0 Å². The van der Waals surface area contributed by atoms with E-state index >= 15 is 0 Å². The van der Waals surface area contributed by atoms with Crippen LogP contribution in [0.25, 0.3) is 0 Å². The van der Waals surface area contributed by atoms with Crippen LogP contribution in [-0.2, 0) is 6.54 Å². The maximum atomic E-state index is 13.2. The van der Waals surface area contributed by atoms with E-state index in [1.54, 1.807) is 24.9 Å². The SMILES string of the molecule is CN=C(NCCO)NCc1cc(F)ccc1SC.I. The number of thioether (sulfide) groups is 1. The molecule has 0 atom stereocenters. The number of rotatable bonds is 5. The molecule has 0 fully saturated rings. The van der Waals surface area contributed by atoms with Crippen molar-refractivity contribution in [2.45, 2.75) is 11.4 Å². The third-order valence-electron chi connectivity index (χ3n) is 2.32. The fourth-order valence-corrected chi connectivity index (χ4v) is 2.06. The number of aliphatic hydroxyl groups is 1. The maximum Gasteiger partial charge on any atom is 0.191 e. The van der Waals surface area contributed by atoms with E-state index in [1.807, 2.05) is 6.26 Å². The zero-order valence-electron chi connectivity index (χ0n) is 10.9. The van der Waals surface area contributed by atoms with Crippen molar-refractivity contribution in [3.63, 3.8) is 0 Å². The van der Waals surface area contributed by atoms with Gasteiger partial charge in [0.1, 0.15) is 5.82 Å². The summed E-state index contributed by atoms with van der Waals surface area (Å²) in [6, 6.07) is 4.73. The third-order valence-corrected chi connectivity index (χ3v) is 3.15. The quantitative estimate of drug-likeness (QED) is 0.306. The van der Waals surface area contributed by atoms with Crippen molar-refractivity contribution in [2.24, 2.45) is 4.99 Å². The molecule has 0 aliphatic rings. The van der Waals surface area contributed by atoms with Crippen LogP contribution in [0.1, 0.15) is 5.56 Å². The van der Waals surface area contributed by atoms with Crippen molar-refractivity contribution < 1.29 is 9.50 Å². The van der Waals surface area contributed by atoms with Gasteiger partial charge in [0.15, 0.2) is 5.96 Å². The van der Waals surface area contributed by atoms with Crippen LogP contribution in [0.3, 0.4) is 0 Å². The normalized spacial score (nSPS) is 10.8. The first-order valence-corrected chi connectivity index (χ1v) is 6.81. The van der Waals surface area contributed by atoms with Crippen LogP contribution in [0, 0.1) is 5.82 Å². The van der Waals surface area contributed by atoms with Gasteiger partial charge in [-0.15, -0.1) is 35.7 Å². The molecule has 0 saturated heterocycles. The summed E-state index contributed by atoms with van der Waals surface area (Å²) in [5, 5.41) is 14.7. The number of aliphatic hydroxyl groups excluding tert-OH is 1. The van der Waals surface area contributed by atoms with Gasteiger partial charge in [0, 0.05) is 25.0 Å². The van der Waals surface area contributed by atoms with Gasteiger partial charge in [0.2, 0.25) is 0 Å². The van der Waals surface area contributed by atoms with Crippen molar-refractivity contribution in [3.8, 4) is 0 Å². The standard InChI is InChI=1S/C12H18FN3OS.HI/c1-14-12(15-5-6-17)16-8-9-7-10(13)3-4-11(9)18-2;/h3-4,7,17H,5-6,8H2,1-2H3,(H2,14,15,16);1H. The molecular weight excluding hydrogens is 380 g/mol. The Morgan fingerprint density at radius 3 is 2.74 bits per heavy atom. The second kappa shape index (κ2) is 10.3. The van der Waals surface area contributed by atoms with E-state index in [2.05, 4.69) is 15.6 Å². The fourth-order valence-electron chi connectivity index (χ4n) is 1.46. The average Bonchev–Trinajstić information content (AvgIpc) is 2.39. The van der Waals surface area contributed by atoms with E-state index in [4.69, 9.17) is 5.11 Å². The molecule has 108 valence electrons. The molecule has 0 radical (unpaired) electrons. The molecule has 0 aliphatic carbocycles. The molecule has 7 heteroatoms. The summed E-state index contributed by atoms with van der Waals surface area (Å²) in [5.74, 6) is 0.336. The lowest BCUT2D eigenvalue weighted by Crippen LogP contribution is -2.38. The van der Waals surface area contributed by atoms with Crippen molar-refractivity contribution in [3.05, 3.63) is 29.6 Å². The summed E-state index contributed by atoms with van der Waals surface area (Å²) in [5.41, 5.74) is 0.884. The van der Waals surface area contributed by atoms with E-state index in [9.17, 15) is 4.39 Å². The Morgan fingerprint density at radius 2 is 2.16 bits per heavy atom. The lowest BCUT2D eigenvalue weighted by Gasteiger charge is -2.13. The minimum absolute atomic E-state index is 0. The van der Waals surface area contributed by atoms with Crippen LogP contribution in [0.15, 0.2) is 28.1 Å². The minimum atomic E-state index is -0.247. The molecule has 0 unspecified atom stereocenters. The first-order valence-electron chi connectivity index (χ1n) is 5.59. The summed E-state index contributed by atoms with van der Waals surface area (Å²) in [7, 11) is 1.65. The molecule has 4 nitrogen and oxygen atoms in total. The van der Waals surface area contributed by atoms with E-state index in [-0.39, 0.29) is 36.4 Å². The van der Waals surface area contributed by atoms with Crippen molar-refractivity contribution in [1.82, 2.24) is 10.6 Å². The summed E-state index contributed by atoms with van der Waals surface area (Å²) in [6.07, 6.45) is 1.95. The molecule has 3 N–H and O–H groups in total. The zero-order chi connectivity index (χ0) is 13.4. The Kier molecular flexibility index (Phi) is 9.98. The first kappa shape index (κ1) is 18.5. The highest BCUT2D eigenvalue weighted by Gasteiger charge is 2.04. The second-order valence-corrected chi connectivity index (χ2v) is 4.38. The minimum Gasteiger partial charge on any atom is -0.395 e. The van der Waals surface area contributed by atoms with E-state index in [1.165, 1.54) is 12.1 Å². The zero-order valence-corrected chi connectivity index (χ0v) is 14.1. The topological polar surface area (TPSA) is 56.7 Å². The molecule has 0 heterocycles. The predicted octanol–water partition coefficient (Wildman–Crippen LogP) is 1.82. The largest absolute Gasteiger partial charge is 0.395 e. The first-order chi connectivity index (χ1) is 8.71. The maximum absolute atomic E-state index is 13.2. The van der Waals surface area contributed by atoms with Crippen LogP contribution in [-0.4, -0.2) is 37.5 Å². The van der Waals surface area contributed by atoms with Gasteiger partial charge in [0.05, 0.1) is 6.61 Å². The van der Waals surface area contributed by atoms with Gasteiger partial charge in [-0.05, 0) is 30.0 Å².